The summed E-state index contributed by atoms with van der Waals surface area (Å²) in [5.41, 5.74) is 4.87. The third kappa shape index (κ3) is 5.59. The highest BCUT2D eigenvalue weighted by atomic mass is 35.5. The summed E-state index contributed by atoms with van der Waals surface area (Å²) in [6, 6.07) is 5.90. The number of sulfone groups is 1. The van der Waals surface area contributed by atoms with Crippen LogP contribution >= 0.6 is 12.4 Å². The maximum Gasteiger partial charge on any atom is 0.328 e. The molecule has 0 radical (unpaired) electrons. The molecule has 1 saturated heterocycles. The van der Waals surface area contributed by atoms with Crippen molar-refractivity contribution in [3.05, 3.63) is 24.3 Å². The van der Waals surface area contributed by atoms with E-state index in [0.29, 0.717) is 12.4 Å². The van der Waals surface area contributed by atoms with E-state index in [2.05, 4.69) is 0 Å². The second kappa shape index (κ2) is 9.43. The predicted octanol–water partition coefficient (Wildman–Crippen LogP) is 2.50. The fraction of sp³-hybridized carbons (Fsp3) is 0.632. The first-order chi connectivity index (χ1) is 12.5. The minimum atomic E-state index is -3.98. The van der Waals surface area contributed by atoms with Crippen LogP contribution < -0.4 is 10.5 Å². The van der Waals surface area contributed by atoms with Crippen LogP contribution in [0.1, 0.15) is 40.5 Å². The van der Waals surface area contributed by atoms with E-state index in [-0.39, 0.29) is 49.4 Å². The van der Waals surface area contributed by atoms with Crippen molar-refractivity contribution in [2.24, 2.45) is 5.73 Å². The molecule has 1 fully saturated rings. The topological polar surface area (TPSA) is 105 Å². The first-order valence-corrected chi connectivity index (χ1v) is 10.5. The molecule has 1 aliphatic rings. The molecule has 0 aliphatic carbocycles. The fourth-order valence-corrected chi connectivity index (χ4v) is 4.73. The molecular formula is C19H30ClNO6S. The highest BCUT2D eigenvalue weighted by Crippen LogP contribution is 2.37. The van der Waals surface area contributed by atoms with E-state index in [1.54, 1.807) is 32.9 Å². The van der Waals surface area contributed by atoms with Crippen LogP contribution in [0.5, 0.6) is 5.75 Å². The molecule has 1 atom stereocenters. The van der Waals surface area contributed by atoms with Crippen molar-refractivity contribution in [1.29, 1.82) is 0 Å². The Hall–Kier alpha value is -1.35. The zero-order valence-electron chi connectivity index (χ0n) is 16.8. The summed E-state index contributed by atoms with van der Waals surface area (Å²) in [6.07, 6.45) is 0.125. The second-order valence-corrected chi connectivity index (χ2v) is 10.1. The first-order valence-electron chi connectivity index (χ1n) is 9.02. The Bertz CT molecular complexity index is 750. The van der Waals surface area contributed by atoms with Crippen molar-refractivity contribution in [3.63, 3.8) is 0 Å². The van der Waals surface area contributed by atoms with Crippen LogP contribution in [-0.4, -0.2) is 50.6 Å². The van der Waals surface area contributed by atoms with Crippen LogP contribution in [0.2, 0.25) is 0 Å². The molecule has 1 aromatic carbocycles. The van der Waals surface area contributed by atoms with E-state index >= 15 is 0 Å². The number of hydrogen-bond donors (Lipinski definition) is 1. The minimum absolute atomic E-state index is 0. The van der Waals surface area contributed by atoms with Gasteiger partial charge in [0, 0.05) is 32.1 Å². The van der Waals surface area contributed by atoms with Gasteiger partial charge in [-0.15, -0.1) is 12.4 Å². The summed E-state index contributed by atoms with van der Waals surface area (Å²) >= 11 is 0. The quantitative estimate of drug-likeness (QED) is 0.684. The van der Waals surface area contributed by atoms with Crippen LogP contribution in [0, 0.1) is 0 Å². The second-order valence-electron chi connectivity index (χ2n) is 7.87. The summed E-state index contributed by atoms with van der Waals surface area (Å²) in [4.78, 5) is 13.0. The molecule has 1 aromatic rings. The molecule has 2 rings (SSSR count). The monoisotopic (exact) mass is 435 g/mol. The first kappa shape index (κ1) is 24.7. The Labute approximate surface area is 173 Å². The van der Waals surface area contributed by atoms with Crippen LogP contribution in [0.3, 0.4) is 0 Å². The van der Waals surface area contributed by atoms with Gasteiger partial charge in [0.15, 0.2) is 14.6 Å². The standard InChI is InChI=1S/C19H29NO6S.ClH/c1-14(20)13-25-15-5-7-16(8-6-15)27(22,23)19(9-11-24-12-10-19)17(21)26-18(2,3)4;/h5-8,14H,9-13,20H2,1-4H3;1H/t14-;/m0./s1. The molecular weight excluding hydrogens is 406 g/mol. The van der Waals surface area contributed by atoms with Crippen LogP contribution in [0.25, 0.3) is 0 Å². The molecule has 0 saturated carbocycles. The Kier molecular flexibility index (Phi) is 8.32. The molecule has 160 valence electrons. The van der Waals surface area contributed by atoms with E-state index in [9.17, 15) is 13.2 Å². The van der Waals surface area contributed by atoms with Crippen molar-refractivity contribution in [1.82, 2.24) is 0 Å². The van der Waals surface area contributed by atoms with Gasteiger partial charge < -0.3 is 19.9 Å². The van der Waals surface area contributed by atoms with Crippen LogP contribution in [0.15, 0.2) is 29.2 Å². The Morgan fingerprint density at radius 1 is 1.21 bits per heavy atom. The maximum atomic E-state index is 13.4. The van der Waals surface area contributed by atoms with E-state index in [1.807, 2.05) is 6.92 Å². The van der Waals surface area contributed by atoms with Gasteiger partial charge in [0.05, 0.1) is 4.90 Å². The minimum Gasteiger partial charge on any atom is -0.492 e. The van der Waals surface area contributed by atoms with Crippen molar-refractivity contribution in [2.75, 3.05) is 19.8 Å². The highest BCUT2D eigenvalue weighted by molar-refractivity contribution is 7.93. The number of carbonyl (C=O) groups is 1. The third-order valence-corrected chi connectivity index (χ3v) is 6.73. The number of benzene rings is 1. The molecule has 1 heterocycles. The van der Waals surface area contributed by atoms with Crippen molar-refractivity contribution in [3.8, 4) is 5.75 Å². The van der Waals surface area contributed by atoms with Crippen molar-refractivity contribution >= 4 is 28.2 Å². The molecule has 0 unspecified atom stereocenters. The lowest BCUT2D eigenvalue weighted by atomic mass is 9.99. The molecule has 2 N–H and O–H groups in total. The van der Waals surface area contributed by atoms with Crippen LogP contribution in [-0.2, 0) is 24.1 Å². The fourth-order valence-electron chi connectivity index (χ4n) is 2.82. The van der Waals surface area contributed by atoms with Crippen molar-refractivity contribution < 1.29 is 27.4 Å². The van der Waals surface area contributed by atoms with Gasteiger partial charge in [0.25, 0.3) is 0 Å². The van der Waals surface area contributed by atoms with E-state index in [4.69, 9.17) is 19.9 Å². The van der Waals surface area contributed by atoms with Gasteiger partial charge in [-0.25, -0.2) is 8.42 Å². The third-order valence-electron chi connectivity index (χ3n) is 4.23. The number of rotatable bonds is 6. The lowest BCUT2D eigenvalue weighted by molar-refractivity contribution is -0.160. The molecule has 0 amide bonds. The number of ether oxygens (including phenoxy) is 3. The molecule has 0 bridgehead atoms. The Balaban J connectivity index is 0.00000392. The average molecular weight is 436 g/mol. The zero-order valence-corrected chi connectivity index (χ0v) is 18.4. The Morgan fingerprint density at radius 3 is 2.21 bits per heavy atom. The van der Waals surface area contributed by atoms with E-state index in [0.717, 1.165) is 0 Å². The molecule has 7 nitrogen and oxygen atoms in total. The molecule has 0 aromatic heterocycles. The number of carbonyl (C=O) groups excluding carboxylic acids is 1. The lowest BCUT2D eigenvalue weighted by Gasteiger charge is -2.36. The van der Waals surface area contributed by atoms with Gasteiger partial charge in [-0.2, -0.15) is 0 Å². The average Bonchev–Trinajstić information content (AvgIpc) is 2.59. The molecule has 0 spiro atoms. The van der Waals surface area contributed by atoms with Gasteiger partial charge in [-0.05, 0) is 52.0 Å². The smallest absolute Gasteiger partial charge is 0.328 e. The van der Waals surface area contributed by atoms with E-state index < -0.39 is 26.2 Å². The molecule has 1 aliphatic heterocycles. The van der Waals surface area contributed by atoms with Gasteiger partial charge in [-0.1, -0.05) is 0 Å². The number of nitrogens with two attached hydrogens (primary N) is 1. The number of halogens is 1. The van der Waals surface area contributed by atoms with Crippen molar-refractivity contribution in [2.45, 2.75) is 61.8 Å². The van der Waals surface area contributed by atoms with E-state index in [1.165, 1.54) is 12.1 Å². The molecule has 28 heavy (non-hydrogen) atoms. The largest absolute Gasteiger partial charge is 0.492 e. The normalized spacial score (nSPS) is 17.9. The van der Waals surface area contributed by atoms with Gasteiger partial charge in [0.2, 0.25) is 0 Å². The molecule has 9 heteroatoms. The summed E-state index contributed by atoms with van der Waals surface area (Å²) in [5, 5.41) is 0. The van der Waals surface area contributed by atoms with Gasteiger partial charge in [0.1, 0.15) is 18.0 Å². The van der Waals surface area contributed by atoms with Crippen LogP contribution in [0.4, 0.5) is 0 Å². The highest BCUT2D eigenvalue weighted by Gasteiger charge is 2.54. The SMILES string of the molecule is C[C@H](N)COc1ccc(S(=O)(=O)C2(C(=O)OC(C)(C)C)CCOCC2)cc1.Cl. The zero-order chi connectivity index (χ0) is 20.3. The lowest BCUT2D eigenvalue weighted by Crippen LogP contribution is -2.53. The number of hydrogen-bond acceptors (Lipinski definition) is 7. The van der Waals surface area contributed by atoms with Gasteiger partial charge >= 0.3 is 5.97 Å². The Morgan fingerprint density at radius 2 is 1.75 bits per heavy atom. The predicted molar refractivity (Wildman–Crippen MR) is 109 cm³/mol. The van der Waals surface area contributed by atoms with Gasteiger partial charge in [-0.3, -0.25) is 4.79 Å². The number of esters is 1. The maximum absolute atomic E-state index is 13.4. The summed E-state index contributed by atoms with van der Waals surface area (Å²) < 4.78 is 41.4. The summed E-state index contributed by atoms with van der Waals surface area (Å²) in [5.74, 6) is -0.208. The summed E-state index contributed by atoms with van der Waals surface area (Å²) in [7, 11) is -3.98. The summed E-state index contributed by atoms with van der Waals surface area (Å²) in [6.45, 7) is 7.67.